The minimum absolute atomic E-state index is 0. The lowest BCUT2D eigenvalue weighted by Crippen LogP contribution is -1.74. The fourth-order valence-corrected chi connectivity index (χ4v) is 1.85. The summed E-state index contributed by atoms with van der Waals surface area (Å²) in [6.07, 6.45) is 0. The normalized spacial score (nSPS) is 10.0. The Labute approximate surface area is 101 Å². The summed E-state index contributed by atoms with van der Waals surface area (Å²) in [7, 11) is 0. The first-order valence-corrected chi connectivity index (χ1v) is 5.07. The molecule has 0 bridgehead atoms. The molecule has 1 aromatic heterocycles. The largest absolute Gasteiger partial charge is 0.355 e. The van der Waals surface area contributed by atoms with Crippen molar-refractivity contribution in [1.82, 2.24) is 4.98 Å². The van der Waals surface area contributed by atoms with Gasteiger partial charge in [0.25, 0.3) is 0 Å². The maximum atomic E-state index is 3.41. The van der Waals surface area contributed by atoms with E-state index in [1.54, 1.807) is 0 Å². The molecule has 3 rings (SSSR count). The molecular weight excluding hydrogens is 218 g/mol. The third kappa shape index (κ3) is 1.82. The van der Waals surface area contributed by atoms with Crippen LogP contribution < -0.4 is 0 Å². The number of aromatic nitrogens is 1. The number of hydrogen-bond donors (Lipinski definition) is 1. The minimum atomic E-state index is 0. The van der Waals surface area contributed by atoms with E-state index >= 15 is 0 Å². The molecular formula is C14H12ClN. The van der Waals surface area contributed by atoms with Crippen LogP contribution in [0.4, 0.5) is 0 Å². The molecule has 0 fully saturated rings. The molecule has 0 saturated heterocycles. The van der Waals surface area contributed by atoms with Gasteiger partial charge in [0, 0.05) is 16.6 Å². The Morgan fingerprint density at radius 3 is 2.19 bits per heavy atom. The van der Waals surface area contributed by atoms with Crippen molar-refractivity contribution in [3.05, 3.63) is 60.7 Å². The lowest BCUT2D eigenvalue weighted by Gasteiger charge is -1.94. The van der Waals surface area contributed by atoms with Crippen LogP contribution in [0.3, 0.4) is 0 Å². The fourth-order valence-electron chi connectivity index (χ4n) is 1.85. The van der Waals surface area contributed by atoms with Gasteiger partial charge in [0.1, 0.15) is 0 Å². The summed E-state index contributed by atoms with van der Waals surface area (Å²) in [6, 6.07) is 20.9. The van der Waals surface area contributed by atoms with Gasteiger partial charge in [0.05, 0.1) is 0 Å². The second-order valence-electron chi connectivity index (χ2n) is 3.64. The average molecular weight is 230 g/mol. The highest BCUT2D eigenvalue weighted by Crippen LogP contribution is 2.23. The predicted octanol–water partition coefficient (Wildman–Crippen LogP) is 4.26. The van der Waals surface area contributed by atoms with Gasteiger partial charge >= 0.3 is 0 Å². The van der Waals surface area contributed by atoms with E-state index in [2.05, 4.69) is 53.5 Å². The molecule has 0 unspecified atom stereocenters. The molecule has 0 saturated carbocycles. The van der Waals surface area contributed by atoms with E-state index in [9.17, 15) is 0 Å². The van der Waals surface area contributed by atoms with Crippen LogP contribution >= 0.6 is 12.4 Å². The summed E-state index contributed by atoms with van der Waals surface area (Å²) in [5.74, 6) is 0. The molecule has 0 aliphatic heterocycles. The molecule has 2 aromatic carbocycles. The quantitative estimate of drug-likeness (QED) is 0.642. The molecule has 1 N–H and O–H groups in total. The van der Waals surface area contributed by atoms with Gasteiger partial charge in [0.2, 0.25) is 0 Å². The van der Waals surface area contributed by atoms with Crippen LogP contribution in [-0.4, -0.2) is 4.98 Å². The predicted molar refractivity (Wildman–Crippen MR) is 71.0 cm³/mol. The van der Waals surface area contributed by atoms with Gasteiger partial charge in [-0.05, 0) is 17.7 Å². The van der Waals surface area contributed by atoms with E-state index in [1.807, 2.05) is 12.1 Å². The second kappa shape index (κ2) is 4.42. The highest BCUT2D eigenvalue weighted by Gasteiger charge is 2.00. The van der Waals surface area contributed by atoms with Crippen molar-refractivity contribution >= 4 is 23.3 Å². The van der Waals surface area contributed by atoms with Gasteiger partial charge in [-0.15, -0.1) is 12.4 Å². The maximum Gasteiger partial charge on any atom is 0.0464 e. The van der Waals surface area contributed by atoms with Gasteiger partial charge in [-0.3, -0.25) is 0 Å². The topological polar surface area (TPSA) is 15.8 Å². The fraction of sp³-hybridized carbons (Fsp3) is 0. The van der Waals surface area contributed by atoms with Gasteiger partial charge in [-0.2, -0.15) is 0 Å². The minimum Gasteiger partial charge on any atom is -0.355 e. The van der Waals surface area contributed by atoms with Crippen molar-refractivity contribution in [2.75, 3.05) is 0 Å². The van der Waals surface area contributed by atoms with E-state index in [0.29, 0.717) is 0 Å². The first-order chi connectivity index (χ1) is 7.43. The van der Waals surface area contributed by atoms with E-state index in [4.69, 9.17) is 0 Å². The first-order valence-electron chi connectivity index (χ1n) is 5.07. The number of nitrogens with one attached hydrogen (secondary N) is 1. The molecule has 0 atom stereocenters. The average Bonchev–Trinajstić information content (AvgIpc) is 2.74. The molecule has 0 aliphatic rings. The number of H-pyrrole nitrogens is 1. The number of rotatable bonds is 1. The van der Waals surface area contributed by atoms with Gasteiger partial charge in [-0.25, -0.2) is 0 Å². The van der Waals surface area contributed by atoms with Crippen molar-refractivity contribution in [3.63, 3.8) is 0 Å². The van der Waals surface area contributed by atoms with Crippen LogP contribution in [0.15, 0.2) is 60.7 Å². The summed E-state index contributed by atoms with van der Waals surface area (Å²) in [5, 5.41) is 1.26. The van der Waals surface area contributed by atoms with Crippen LogP contribution in [0.1, 0.15) is 0 Å². The first kappa shape index (κ1) is 10.8. The SMILES string of the molecule is Cl.c1ccc(-c2cc3ccccc3[nH]2)cc1. The Kier molecular flexibility index (Phi) is 2.97. The summed E-state index contributed by atoms with van der Waals surface area (Å²) in [4.78, 5) is 3.41. The zero-order valence-corrected chi connectivity index (χ0v) is 9.50. The zero-order chi connectivity index (χ0) is 10.1. The van der Waals surface area contributed by atoms with Crippen molar-refractivity contribution < 1.29 is 0 Å². The molecule has 2 heteroatoms. The lowest BCUT2D eigenvalue weighted by atomic mass is 10.1. The van der Waals surface area contributed by atoms with Gasteiger partial charge in [0.15, 0.2) is 0 Å². The van der Waals surface area contributed by atoms with Crippen LogP contribution in [0.25, 0.3) is 22.2 Å². The number of para-hydroxylation sites is 1. The third-order valence-corrected chi connectivity index (χ3v) is 2.61. The van der Waals surface area contributed by atoms with Gasteiger partial charge < -0.3 is 4.98 Å². The Hall–Kier alpha value is -1.73. The number of aromatic amines is 1. The second-order valence-corrected chi connectivity index (χ2v) is 3.64. The number of halogens is 1. The number of benzene rings is 2. The maximum absolute atomic E-state index is 3.41. The molecule has 80 valence electrons. The zero-order valence-electron chi connectivity index (χ0n) is 8.68. The van der Waals surface area contributed by atoms with Gasteiger partial charge in [-0.1, -0.05) is 48.5 Å². The van der Waals surface area contributed by atoms with Crippen molar-refractivity contribution in [2.24, 2.45) is 0 Å². The molecule has 1 nitrogen and oxygen atoms in total. The smallest absolute Gasteiger partial charge is 0.0464 e. The number of fused-ring (bicyclic) bond motifs is 1. The molecule has 0 spiro atoms. The van der Waals surface area contributed by atoms with E-state index in [-0.39, 0.29) is 12.4 Å². The Morgan fingerprint density at radius 1 is 0.750 bits per heavy atom. The monoisotopic (exact) mass is 229 g/mol. The molecule has 0 radical (unpaired) electrons. The van der Waals surface area contributed by atoms with E-state index < -0.39 is 0 Å². The summed E-state index contributed by atoms with van der Waals surface area (Å²) in [5.41, 5.74) is 3.60. The van der Waals surface area contributed by atoms with Crippen molar-refractivity contribution in [3.8, 4) is 11.3 Å². The highest BCUT2D eigenvalue weighted by atomic mass is 35.5. The Balaban J connectivity index is 0.000000963. The van der Waals surface area contributed by atoms with Crippen LogP contribution in [0.5, 0.6) is 0 Å². The molecule has 3 aromatic rings. The third-order valence-electron chi connectivity index (χ3n) is 2.61. The van der Waals surface area contributed by atoms with Crippen molar-refractivity contribution in [1.29, 1.82) is 0 Å². The van der Waals surface area contributed by atoms with Crippen LogP contribution in [0.2, 0.25) is 0 Å². The summed E-state index contributed by atoms with van der Waals surface area (Å²) in [6.45, 7) is 0. The van der Waals surface area contributed by atoms with E-state index in [0.717, 1.165) is 0 Å². The molecule has 0 amide bonds. The molecule has 0 aliphatic carbocycles. The standard InChI is InChI=1S/C14H11N.ClH/c1-2-6-11(7-3-1)14-10-12-8-4-5-9-13(12)15-14;/h1-10,15H;1H. The summed E-state index contributed by atoms with van der Waals surface area (Å²) >= 11 is 0. The highest BCUT2D eigenvalue weighted by molar-refractivity contribution is 5.86. The molecule has 1 heterocycles. The van der Waals surface area contributed by atoms with Crippen LogP contribution in [-0.2, 0) is 0 Å². The summed E-state index contributed by atoms with van der Waals surface area (Å²) < 4.78 is 0. The number of hydrogen-bond acceptors (Lipinski definition) is 0. The molecule has 16 heavy (non-hydrogen) atoms. The van der Waals surface area contributed by atoms with E-state index in [1.165, 1.54) is 22.2 Å². The van der Waals surface area contributed by atoms with Crippen LogP contribution in [0, 0.1) is 0 Å². The lowest BCUT2D eigenvalue weighted by molar-refractivity contribution is 1.45. The van der Waals surface area contributed by atoms with Crippen molar-refractivity contribution in [2.45, 2.75) is 0 Å². The Morgan fingerprint density at radius 2 is 1.44 bits per heavy atom. The Bertz CT molecular complexity index is 551.